The van der Waals surface area contributed by atoms with Gasteiger partial charge in [0, 0.05) is 39.7 Å². The lowest BCUT2D eigenvalue weighted by Crippen LogP contribution is -2.46. The molecule has 0 radical (unpaired) electrons. The quantitative estimate of drug-likeness (QED) is 0.368. The minimum absolute atomic E-state index is 0.0683. The minimum atomic E-state index is 0.0683. The van der Waals surface area contributed by atoms with Gasteiger partial charge in [-0.15, -0.1) is 0 Å². The summed E-state index contributed by atoms with van der Waals surface area (Å²) in [5, 5.41) is 9.35. The molecule has 0 aliphatic heterocycles. The number of amides is 1. The van der Waals surface area contributed by atoms with Gasteiger partial charge in [0.05, 0.1) is 6.10 Å². The van der Waals surface area contributed by atoms with E-state index in [4.69, 9.17) is 4.74 Å². The van der Waals surface area contributed by atoms with Gasteiger partial charge in [-0.1, -0.05) is 20.8 Å². The second kappa shape index (κ2) is 8.22. The van der Waals surface area contributed by atoms with E-state index in [2.05, 4.69) is 41.7 Å². The van der Waals surface area contributed by atoms with Gasteiger partial charge in [0.15, 0.2) is 5.96 Å². The van der Waals surface area contributed by atoms with Crippen LogP contribution < -0.4 is 16.0 Å². The molecule has 0 heterocycles. The number of hydrogen-bond acceptors (Lipinski definition) is 3. The summed E-state index contributed by atoms with van der Waals surface area (Å²) < 4.78 is 5.50. The van der Waals surface area contributed by atoms with Crippen LogP contribution in [0.1, 0.15) is 33.6 Å². The molecule has 1 unspecified atom stereocenters. The number of carbonyl (C=O) groups is 1. The molecule has 1 aliphatic rings. The maximum Gasteiger partial charge on any atom is 0.223 e. The number of carbonyl (C=O) groups excluding carboxylic acids is 1. The molecule has 6 heteroatoms. The molecule has 1 atom stereocenters. The van der Waals surface area contributed by atoms with Gasteiger partial charge < -0.3 is 20.7 Å². The molecule has 21 heavy (non-hydrogen) atoms. The molecule has 122 valence electrons. The van der Waals surface area contributed by atoms with Crippen LogP contribution in [-0.4, -0.2) is 51.8 Å². The lowest BCUT2D eigenvalue weighted by Gasteiger charge is -2.30. The van der Waals surface area contributed by atoms with Gasteiger partial charge in [-0.2, -0.15) is 0 Å². The molecular formula is C15H30N4O2. The molecule has 0 aromatic heterocycles. The highest BCUT2D eigenvalue weighted by molar-refractivity contribution is 5.81. The number of methoxy groups -OCH3 is 1. The fourth-order valence-electron chi connectivity index (χ4n) is 2.01. The Kier molecular flexibility index (Phi) is 6.95. The Hall–Kier alpha value is -1.30. The average Bonchev–Trinajstić information content (AvgIpc) is 3.24. The highest BCUT2D eigenvalue weighted by Crippen LogP contribution is 2.28. The van der Waals surface area contributed by atoms with Crippen LogP contribution in [0.15, 0.2) is 4.99 Å². The molecule has 1 aliphatic carbocycles. The average molecular weight is 298 g/mol. The normalized spacial score (nSPS) is 17.3. The van der Waals surface area contributed by atoms with E-state index in [-0.39, 0.29) is 23.3 Å². The fourth-order valence-corrected chi connectivity index (χ4v) is 2.01. The Bertz CT molecular complexity index is 359. The van der Waals surface area contributed by atoms with Crippen molar-refractivity contribution in [2.75, 3.05) is 33.8 Å². The van der Waals surface area contributed by atoms with Crippen LogP contribution >= 0.6 is 0 Å². The second-order valence-corrected chi connectivity index (χ2v) is 6.54. The van der Waals surface area contributed by atoms with Crippen LogP contribution in [0.5, 0.6) is 0 Å². The topological polar surface area (TPSA) is 74.8 Å². The van der Waals surface area contributed by atoms with Crippen LogP contribution in [0.3, 0.4) is 0 Å². The summed E-state index contributed by atoms with van der Waals surface area (Å²) in [6, 6.07) is 0. The molecule has 3 N–H and O–H groups in total. The summed E-state index contributed by atoms with van der Waals surface area (Å²) in [6.45, 7) is 8.40. The van der Waals surface area contributed by atoms with Gasteiger partial charge in [0.1, 0.15) is 0 Å². The van der Waals surface area contributed by atoms with Crippen LogP contribution in [0.4, 0.5) is 0 Å². The van der Waals surface area contributed by atoms with E-state index in [9.17, 15) is 4.79 Å². The third kappa shape index (κ3) is 6.80. The Labute approximate surface area is 128 Å². The predicted molar refractivity (Wildman–Crippen MR) is 85.4 cm³/mol. The van der Waals surface area contributed by atoms with Crippen molar-refractivity contribution >= 4 is 11.9 Å². The highest BCUT2D eigenvalue weighted by atomic mass is 16.5. The lowest BCUT2D eigenvalue weighted by molar-refractivity contribution is -0.122. The molecule has 1 fully saturated rings. The maximum atomic E-state index is 11.5. The number of hydrogen-bond donors (Lipinski definition) is 3. The van der Waals surface area contributed by atoms with Crippen molar-refractivity contribution in [3.05, 3.63) is 0 Å². The fraction of sp³-hybridized carbons (Fsp3) is 0.867. The zero-order chi connectivity index (χ0) is 15.9. The van der Waals surface area contributed by atoms with Crippen LogP contribution in [-0.2, 0) is 9.53 Å². The summed E-state index contributed by atoms with van der Waals surface area (Å²) in [6.07, 6.45) is 2.17. The first kappa shape index (κ1) is 17.8. The van der Waals surface area contributed by atoms with Gasteiger partial charge in [-0.05, 0) is 18.3 Å². The van der Waals surface area contributed by atoms with E-state index in [0.29, 0.717) is 19.6 Å². The molecular weight excluding hydrogens is 268 g/mol. The predicted octanol–water partition coefficient (Wildman–Crippen LogP) is 0.739. The summed E-state index contributed by atoms with van der Waals surface area (Å²) >= 11 is 0. The molecule has 6 nitrogen and oxygen atoms in total. The van der Waals surface area contributed by atoms with Gasteiger partial charge in [-0.3, -0.25) is 9.79 Å². The Morgan fingerprint density at radius 3 is 2.33 bits per heavy atom. The first-order valence-corrected chi connectivity index (χ1v) is 7.63. The second-order valence-electron chi connectivity index (χ2n) is 6.54. The van der Waals surface area contributed by atoms with E-state index in [1.807, 2.05) is 0 Å². The van der Waals surface area contributed by atoms with Crippen LogP contribution in [0.25, 0.3) is 0 Å². The molecule has 0 saturated heterocycles. The highest BCUT2D eigenvalue weighted by Gasteiger charge is 2.29. The summed E-state index contributed by atoms with van der Waals surface area (Å²) in [5.41, 5.74) is 0.0683. The molecule has 0 spiro atoms. The minimum Gasteiger partial charge on any atom is -0.379 e. The number of rotatable bonds is 7. The zero-order valence-electron chi connectivity index (χ0n) is 14.0. The number of ether oxygens (including phenoxy) is 1. The van der Waals surface area contributed by atoms with Crippen LogP contribution in [0, 0.1) is 11.3 Å². The molecule has 1 rings (SSSR count). The van der Waals surface area contributed by atoms with Gasteiger partial charge in [0.2, 0.25) is 5.91 Å². The van der Waals surface area contributed by atoms with Crippen molar-refractivity contribution < 1.29 is 9.53 Å². The molecule has 0 aromatic rings. The van der Waals surface area contributed by atoms with E-state index in [0.717, 1.165) is 18.8 Å². The Balaban J connectivity index is 2.20. The van der Waals surface area contributed by atoms with E-state index in [1.54, 1.807) is 14.2 Å². The SMILES string of the molecule is CN=C(NCCNC(=O)C1CC1)NCC(OC)C(C)(C)C. The van der Waals surface area contributed by atoms with Gasteiger partial charge in [0.25, 0.3) is 0 Å². The molecule has 0 bridgehead atoms. The number of nitrogens with one attached hydrogen (secondary N) is 3. The van der Waals surface area contributed by atoms with E-state index < -0.39 is 0 Å². The van der Waals surface area contributed by atoms with E-state index >= 15 is 0 Å². The lowest BCUT2D eigenvalue weighted by atomic mass is 9.89. The van der Waals surface area contributed by atoms with Crippen molar-refractivity contribution in [1.29, 1.82) is 0 Å². The van der Waals surface area contributed by atoms with Crippen molar-refractivity contribution in [1.82, 2.24) is 16.0 Å². The molecule has 1 amide bonds. The molecule has 1 saturated carbocycles. The first-order chi connectivity index (χ1) is 9.88. The monoisotopic (exact) mass is 298 g/mol. The van der Waals surface area contributed by atoms with Crippen LogP contribution in [0.2, 0.25) is 0 Å². The summed E-state index contributed by atoms with van der Waals surface area (Å²) in [7, 11) is 3.46. The number of guanidine groups is 1. The number of nitrogens with zero attached hydrogens (tertiary/aromatic N) is 1. The Morgan fingerprint density at radius 1 is 1.24 bits per heavy atom. The van der Waals surface area contributed by atoms with Crippen molar-refractivity contribution in [2.24, 2.45) is 16.3 Å². The largest absolute Gasteiger partial charge is 0.379 e. The maximum absolute atomic E-state index is 11.5. The zero-order valence-corrected chi connectivity index (χ0v) is 14.0. The van der Waals surface area contributed by atoms with E-state index in [1.165, 1.54) is 0 Å². The third-order valence-corrected chi connectivity index (χ3v) is 3.59. The first-order valence-electron chi connectivity index (χ1n) is 7.63. The molecule has 0 aromatic carbocycles. The van der Waals surface area contributed by atoms with Crippen molar-refractivity contribution in [3.8, 4) is 0 Å². The summed E-state index contributed by atoms with van der Waals surface area (Å²) in [4.78, 5) is 15.6. The van der Waals surface area contributed by atoms with Crippen molar-refractivity contribution in [2.45, 2.75) is 39.7 Å². The smallest absolute Gasteiger partial charge is 0.223 e. The van der Waals surface area contributed by atoms with Gasteiger partial charge >= 0.3 is 0 Å². The number of aliphatic imine (C=N–C) groups is 1. The standard InChI is InChI=1S/C15H30N4O2/c1-15(2,3)12(21-5)10-19-14(16-4)18-9-8-17-13(20)11-6-7-11/h11-12H,6-10H2,1-5H3,(H,17,20)(H2,16,18,19). The van der Waals surface area contributed by atoms with Crippen molar-refractivity contribution in [3.63, 3.8) is 0 Å². The third-order valence-electron chi connectivity index (χ3n) is 3.59. The van der Waals surface area contributed by atoms with Gasteiger partial charge in [-0.25, -0.2) is 0 Å². The summed E-state index contributed by atoms with van der Waals surface area (Å²) in [5.74, 6) is 1.16. The Morgan fingerprint density at radius 2 is 1.86 bits per heavy atom.